The van der Waals surface area contributed by atoms with E-state index in [1.54, 1.807) is 0 Å². The van der Waals surface area contributed by atoms with Gasteiger partial charge in [-0.15, -0.1) is 0 Å². The molecule has 0 unspecified atom stereocenters. The van der Waals surface area contributed by atoms with Gasteiger partial charge in [-0.1, -0.05) is 24.3 Å². The van der Waals surface area contributed by atoms with E-state index in [-0.39, 0.29) is 5.54 Å². The van der Waals surface area contributed by atoms with Crippen molar-refractivity contribution in [2.24, 2.45) is 4.99 Å². The van der Waals surface area contributed by atoms with Crippen LogP contribution in [0.15, 0.2) is 29.3 Å². The standard InChI is InChI=1S/C19H32N4O/c1-16-8-6-7-9-17(16)14-23(5)18(20-2)21-15-19(22(3)4)10-12-24-13-11-19/h6-9H,10-15H2,1-5H3,(H,20,21). The molecule has 0 radical (unpaired) electrons. The molecule has 0 amide bonds. The smallest absolute Gasteiger partial charge is 0.193 e. The predicted molar refractivity (Wildman–Crippen MR) is 100 cm³/mol. The second-order valence-corrected chi connectivity index (χ2v) is 6.91. The Morgan fingerprint density at radius 2 is 1.88 bits per heavy atom. The van der Waals surface area contributed by atoms with Crippen molar-refractivity contribution in [3.63, 3.8) is 0 Å². The highest BCUT2D eigenvalue weighted by molar-refractivity contribution is 5.79. The zero-order valence-corrected chi connectivity index (χ0v) is 15.8. The molecule has 0 spiro atoms. The molecule has 1 saturated heterocycles. The van der Waals surface area contributed by atoms with E-state index < -0.39 is 0 Å². The SMILES string of the molecule is CN=C(NCC1(N(C)C)CCOCC1)N(C)Cc1ccccc1C. The predicted octanol–water partition coefficient (Wildman–Crippen LogP) is 2.11. The molecule has 5 heteroatoms. The van der Waals surface area contributed by atoms with Gasteiger partial charge in [0.15, 0.2) is 5.96 Å². The van der Waals surface area contributed by atoms with E-state index in [1.165, 1.54) is 11.1 Å². The Kier molecular flexibility index (Phi) is 6.63. The summed E-state index contributed by atoms with van der Waals surface area (Å²) in [6, 6.07) is 8.51. The number of benzene rings is 1. The van der Waals surface area contributed by atoms with Gasteiger partial charge in [0.1, 0.15) is 0 Å². The van der Waals surface area contributed by atoms with Crippen molar-refractivity contribution >= 4 is 5.96 Å². The number of ether oxygens (including phenoxy) is 1. The minimum Gasteiger partial charge on any atom is -0.381 e. The molecular formula is C19H32N4O. The van der Waals surface area contributed by atoms with Gasteiger partial charge in [0, 0.05) is 45.9 Å². The fourth-order valence-corrected chi connectivity index (χ4v) is 3.28. The van der Waals surface area contributed by atoms with Crippen LogP contribution in [0.25, 0.3) is 0 Å². The maximum Gasteiger partial charge on any atom is 0.193 e. The van der Waals surface area contributed by atoms with Gasteiger partial charge in [0.25, 0.3) is 0 Å². The van der Waals surface area contributed by atoms with Crippen molar-refractivity contribution in [1.82, 2.24) is 15.1 Å². The summed E-state index contributed by atoms with van der Waals surface area (Å²) >= 11 is 0. The summed E-state index contributed by atoms with van der Waals surface area (Å²) in [6.45, 7) is 5.55. The third-order valence-corrected chi connectivity index (χ3v) is 5.19. The Labute approximate surface area is 146 Å². The summed E-state index contributed by atoms with van der Waals surface area (Å²) < 4.78 is 5.55. The number of aliphatic imine (C=N–C) groups is 1. The molecule has 1 aliphatic heterocycles. The quantitative estimate of drug-likeness (QED) is 0.662. The summed E-state index contributed by atoms with van der Waals surface area (Å²) in [4.78, 5) is 8.99. The van der Waals surface area contributed by atoms with Gasteiger partial charge in [-0.25, -0.2) is 0 Å². The number of hydrogen-bond acceptors (Lipinski definition) is 3. The first-order chi connectivity index (χ1) is 11.5. The Morgan fingerprint density at radius 1 is 1.21 bits per heavy atom. The highest BCUT2D eigenvalue weighted by Crippen LogP contribution is 2.25. The maximum absolute atomic E-state index is 5.55. The number of aryl methyl sites for hydroxylation is 1. The van der Waals surface area contributed by atoms with Crippen LogP contribution in [0.1, 0.15) is 24.0 Å². The van der Waals surface area contributed by atoms with Gasteiger partial charge < -0.3 is 19.9 Å². The average Bonchev–Trinajstić information content (AvgIpc) is 2.58. The second-order valence-electron chi connectivity index (χ2n) is 6.91. The van der Waals surface area contributed by atoms with E-state index in [4.69, 9.17) is 4.74 Å². The molecule has 1 aliphatic rings. The topological polar surface area (TPSA) is 40.1 Å². The lowest BCUT2D eigenvalue weighted by Crippen LogP contribution is -2.57. The van der Waals surface area contributed by atoms with Gasteiger partial charge in [-0.3, -0.25) is 4.99 Å². The molecule has 0 saturated carbocycles. The van der Waals surface area contributed by atoms with Crippen molar-refractivity contribution in [3.05, 3.63) is 35.4 Å². The zero-order valence-electron chi connectivity index (χ0n) is 15.8. The molecule has 1 N–H and O–H groups in total. The fourth-order valence-electron chi connectivity index (χ4n) is 3.28. The number of guanidine groups is 1. The Morgan fingerprint density at radius 3 is 2.46 bits per heavy atom. The molecule has 0 aromatic heterocycles. The van der Waals surface area contributed by atoms with Crippen LogP contribution in [0.3, 0.4) is 0 Å². The molecule has 1 heterocycles. The van der Waals surface area contributed by atoms with E-state index in [0.717, 1.165) is 45.1 Å². The van der Waals surface area contributed by atoms with Crippen LogP contribution in [0.4, 0.5) is 0 Å². The monoisotopic (exact) mass is 332 g/mol. The van der Waals surface area contributed by atoms with Crippen LogP contribution in [-0.4, -0.2) is 69.2 Å². The summed E-state index contributed by atoms with van der Waals surface area (Å²) in [5.74, 6) is 0.936. The Bertz CT molecular complexity index is 550. The van der Waals surface area contributed by atoms with Crippen LogP contribution < -0.4 is 5.32 Å². The van der Waals surface area contributed by atoms with E-state index in [0.29, 0.717) is 0 Å². The minimum atomic E-state index is 0.137. The molecule has 1 aromatic carbocycles. The number of hydrogen-bond donors (Lipinski definition) is 1. The number of likely N-dealkylation sites (N-methyl/N-ethyl adjacent to an activating group) is 1. The summed E-state index contributed by atoms with van der Waals surface area (Å²) in [5.41, 5.74) is 2.78. The molecule has 1 fully saturated rings. The number of nitrogens with one attached hydrogen (secondary N) is 1. The molecule has 134 valence electrons. The molecule has 0 bridgehead atoms. The van der Waals surface area contributed by atoms with Crippen LogP contribution in [-0.2, 0) is 11.3 Å². The third kappa shape index (κ3) is 4.48. The van der Waals surface area contributed by atoms with Crippen LogP contribution in [0.2, 0.25) is 0 Å². The first-order valence-electron chi connectivity index (χ1n) is 8.70. The lowest BCUT2D eigenvalue weighted by molar-refractivity contribution is -0.00522. The van der Waals surface area contributed by atoms with Crippen molar-refractivity contribution in [3.8, 4) is 0 Å². The lowest BCUT2D eigenvalue weighted by atomic mass is 9.88. The Balaban J connectivity index is 1.99. The van der Waals surface area contributed by atoms with Crippen molar-refractivity contribution in [2.75, 3.05) is 47.9 Å². The van der Waals surface area contributed by atoms with E-state index in [9.17, 15) is 0 Å². The molecule has 1 aromatic rings. The van der Waals surface area contributed by atoms with Crippen LogP contribution in [0, 0.1) is 6.92 Å². The molecule has 0 atom stereocenters. The summed E-state index contributed by atoms with van der Waals surface area (Å²) in [6.07, 6.45) is 2.09. The molecule has 5 nitrogen and oxygen atoms in total. The van der Waals surface area contributed by atoms with Gasteiger partial charge >= 0.3 is 0 Å². The third-order valence-electron chi connectivity index (χ3n) is 5.19. The summed E-state index contributed by atoms with van der Waals surface area (Å²) in [5, 5.41) is 3.58. The van der Waals surface area contributed by atoms with Crippen LogP contribution in [0.5, 0.6) is 0 Å². The molecule has 2 rings (SSSR count). The highest BCUT2D eigenvalue weighted by Gasteiger charge is 2.35. The van der Waals surface area contributed by atoms with E-state index in [2.05, 4.69) is 72.4 Å². The summed E-state index contributed by atoms with van der Waals surface area (Å²) in [7, 11) is 8.26. The van der Waals surface area contributed by atoms with Crippen LogP contribution >= 0.6 is 0 Å². The highest BCUT2D eigenvalue weighted by atomic mass is 16.5. The van der Waals surface area contributed by atoms with Crippen molar-refractivity contribution in [1.29, 1.82) is 0 Å². The zero-order chi connectivity index (χ0) is 17.6. The van der Waals surface area contributed by atoms with Crippen molar-refractivity contribution < 1.29 is 4.74 Å². The normalized spacial score (nSPS) is 17.8. The molecule has 0 aliphatic carbocycles. The van der Waals surface area contributed by atoms with Gasteiger partial charge in [0.05, 0.1) is 0 Å². The number of rotatable bonds is 5. The first kappa shape index (κ1) is 18.7. The van der Waals surface area contributed by atoms with Gasteiger partial charge in [-0.05, 0) is 45.0 Å². The average molecular weight is 332 g/mol. The number of nitrogens with zero attached hydrogens (tertiary/aromatic N) is 3. The molecule has 24 heavy (non-hydrogen) atoms. The fraction of sp³-hybridized carbons (Fsp3) is 0.632. The lowest BCUT2D eigenvalue weighted by Gasteiger charge is -2.43. The van der Waals surface area contributed by atoms with E-state index in [1.807, 2.05) is 7.05 Å². The Hall–Kier alpha value is -1.59. The second kappa shape index (κ2) is 8.49. The maximum atomic E-state index is 5.55. The molecular weight excluding hydrogens is 300 g/mol. The van der Waals surface area contributed by atoms with Gasteiger partial charge in [-0.2, -0.15) is 0 Å². The minimum absolute atomic E-state index is 0.137. The largest absolute Gasteiger partial charge is 0.381 e. The van der Waals surface area contributed by atoms with Gasteiger partial charge in [0.2, 0.25) is 0 Å². The van der Waals surface area contributed by atoms with Crippen molar-refractivity contribution in [2.45, 2.75) is 31.8 Å². The first-order valence-corrected chi connectivity index (χ1v) is 8.70. The van der Waals surface area contributed by atoms with E-state index >= 15 is 0 Å².